The van der Waals surface area contributed by atoms with Crippen LogP contribution in [0.15, 0.2) is 78.4 Å². The van der Waals surface area contributed by atoms with Crippen LogP contribution in [0.2, 0.25) is 0 Å². The van der Waals surface area contributed by atoms with E-state index in [1.807, 2.05) is 19.1 Å². The van der Waals surface area contributed by atoms with Crippen molar-refractivity contribution >= 4 is 5.57 Å². The Bertz CT molecular complexity index is 1330. The number of epoxide rings is 1. The first kappa shape index (κ1) is 24.3. The second-order valence-corrected chi connectivity index (χ2v) is 8.88. The maximum atomic E-state index is 14.8. The van der Waals surface area contributed by atoms with E-state index in [1.54, 1.807) is 18.2 Å². The molecule has 0 aromatic heterocycles. The molecule has 0 radical (unpaired) electrons. The first-order valence-corrected chi connectivity index (χ1v) is 11.8. The van der Waals surface area contributed by atoms with Crippen LogP contribution in [0.3, 0.4) is 0 Å². The minimum absolute atomic E-state index is 0.0832. The average Bonchev–Trinajstić information content (AvgIpc) is 3.74. The number of hydrogen-bond acceptors (Lipinski definition) is 3. The third-order valence-electron chi connectivity index (χ3n) is 6.62. The fourth-order valence-corrected chi connectivity index (χ4v) is 4.36. The molecule has 5 rings (SSSR count). The second kappa shape index (κ2) is 9.91. The van der Waals surface area contributed by atoms with Crippen molar-refractivity contribution in [2.75, 3.05) is 6.61 Å². The molecule has 1 fully saturated rings. The van der Waals surface area contributed by atoms with Crippen molar-refractivity contribution in [3.8, 4) is 16.9 Å². The number of aliphatic hydroxyl groups excluding tert-OH is 1. The lowest BCUT2D eigenvalue weighted by Gasteiger charge is -2.19. The fourth-order valence-electron chi connectivity index (χ4n) is 4.36. The Morgan fingerprint density at radius 3 is 2.22 bits per heavy atom. The molecule has 186 valence electrons. The molecule has 1 heterocycles. The van der Waals surface area contributed by atoms with Crippen molar-refractivity contribution in [2.45, 2.75) is 32.2 Å². The first-order chi connectivity index (χ1) is 17.4. The van der Waals surface area contributed by atoms with Gasteiger partial charge in [0.25, 0.3) is 0 Å². The molecular weight excluding hydrogens is 472 g/mol. The number of benzene rings is 3. The van der Waals surface area contributed by atoms with Gasteiger partial charge in [-0.05, 0) is 41.7 Å². The van der Waals surface area contributed by atoms with Crippen LogP contribution in [0.4, 0.5) is 17.6 Å². The topological polar surface area (TPSA) is 42.0 Å². The van der Waals surface area contributed by atoms with Crippen LogP contribution >= 0.6 is 0 Å². The Kier molecular flexibility index (Phi) is 6.69. The summed E-state index contributed by atoms with van der Waals surface area (Å²) in [5.74, 6) is -5.08. The Morgan fingerprint density at radius 2 is 1.58 bits per heavy atom. The number of halogens is 4. The SMILES string of the molecule is CCc1ccc(-c2ccc(OC(O)c3ccc(C4=CCC(C5CO5)C(F)=C4F)cc3)c(F)c2F)cc1. The lowest BCUT2D eigenvalue weighted by atomic mass is 9.89. The van der Waals surface area contributed by atoms with Crippen LogP contribution in [0.5, 0.6) is 5.75 Å². The maximum Gasteiger partial charge on any atom is 0.224 e. The van der Waals surface area contributed by atoms with Gasteiger partial charge in [-0.15, -0.1) is 0 Å². The van der Waals surface area contributed by atoms with Crippen LogP contribution in [-0.4, -0.2) is 17.8 Å². The third-order valence-corrected chi connectivity index (χ3v) is 6.62. The Hall–Kier alpha value is -3.42. The molecule has 3 aromatic carbocycles. The zero-order chi connectivity index (χ0) is 25.4. The highest BCUT2D eigenvalue weighted by Crippen LogP contribution is 2.42. The standard InChI is InChI=1S/C29H24F4O3/c1-2-16-3-5-17(6-4-16)21-13-14-23(28(33)26(21)31)36-29(34)19-9-7-18(8-10-19)20-11-12-22(24-15-35-24)27(32)25(20)30/h3-11,13-14,22,24,29,34H,2,12,15H2,1H3. The summed E-state index contributed by atoms with van der Waals surface area (Å²) in [7, 11) is 0. The predicted octanol–water partition coefficient (Wildman–Crippen LogP) is 7.22. The highest BCUT2D eigenvalue weighted by atomic mass is 19.2. The van der Waals surface area contributed by atoms with Crippen LogP contribution in [0, 0.1) is 17.6 Å². The van der Waals surface area contributed by atoms with E-state index in [9.17, 15) is 22.7 Å². The minimum Gasteiger partial charge on any atom is -0.458 e. The molecule has 0 amide bonds. The molecule has 1 aliphatic carbocycles. The van der Waals surface area contributed by atoms with E-state index in [2.05, 4.69) is 0 Å². The molecular formula is C29H24F4O3. The van der Waals surface area contributed by atoms with Crippen molar-refractivity contribution in [2.24, 2.45) is 5.92 Å². The van der Waals surface area contributed by atoms with Gasteiger partial charge in [0.2, 0.25) is 12.1 Å². The van der Waals surface area contributed by atoms with Gasteiger partial charge in [-0.2, -0.15) is 4.39 Å². The number of aliphatic hydroxyl groups is 1. The van der Waals surface area contributed by atoms with Crippen LogP contribution in [0.25, 0.3) is 16.7 Å². The van der Waals surface area contributed by atoms with Gasteiger partial charge in [0.05, 0.1) is 12.7 Å². The summed E-state index contributed by atoms with van der Waals surface area (Å²) in [5.41, 5.74) is 2.47. The summed E-state index contributed by atoms with van der Waals surface area (Å²) in [6, 6.07) is 15.7. The van der Waals surface area contributed by atoms with E-state index in [-0.39, 0.29) is 22.8 Å². The van der Waals surface area contributed by atoms with Gasteiger partial charge in [0.1, 0.15) is 5.83 Å². The van der Waals surface area contributed by atoms with Gasteiger partial charge in [0, 0.05) is 22.6 Å². The zero-order valence-electron chi connectivity index (χ0n) is 19.5. The monoisotopic (exact) mass is 496 g/mol. The normalized spacial score (nSPS) is 20.2. The third kappa shape index (κ3) is 4.68. The molecule has 0 bridgehead atoms. The van der Waals surface area contributed by atoms with Crippen LogP contribution < -0.4 is 4.74 Å². The van der Waals surface area contributed by atoms with E-state index in [1.165, 1.54) is 36.4 Å². The smallest absolute Gasteiger partial charge is 0.224 e. The van der Waals surface area contributed by atoms with Crippen molar-refractivity contribution < 1.29 is 32.1 Å². The Morgan fingerprint density at radius 1 is 0.917 bits per heavy atom. The molecule has 1 N–H and O–H groups in total. The van der Waals surface area contributed by atoms with Crippen LogP contribution in [0.1, 0.15) is 36.3 Å². The van der Waals surface area contributed by atoms with Gasteiger partial charge in [-0.1, -0.05) is 61.5 Å². The van der Waals surface area contributed by atoms with Crippen molar-refractivity contribution in [1.82, 2.24) is 0 Å². The lowest BCUT2D eigenvalue weighted by Crippen LogP contribution is -2.13. The second-order valence-electron chi connectivity index (χ2n) is 8.88. The molecule has 3 aromatic rings. The van der Waals surface area contributed by atoms with Gasteiger partial charge in [-0.25, -0.2) is 13.2 Å². The average molecular weight is 497 g/mol. The van der Waals surface area contributed by atoms with Crippen molar-refractivity contribution in [3.05, 3.63) is 107 Å². The van der Waals surface area contributed by atoms with Gasteiger partial charge in [-0.3, -0.25) is 0 Å². The molecule has 3 unspecified atom stereocenters. The zero-order valence-corrected chi connectivity index (χ0v) is 19.5. The largest absolute Gasteiger partial charge is 0.458 e. The first-order valence-electron chi connectivity index (χ1n) is 11.8. The van der Waals surface area contributed by atoms with E-state index in [0.717, 1.165) is 12.0 Å². The van der Waals surface area contributed by atoms with Gasteiger partial charge >= 0.3 is 0 Å². The molecule has 3 nitrogen and oxygen atoms in total. The maximum absolute atomic E-state index is 14.8. The summed E-state index contributed by atoms with van der Waals surface area (Å²) >= 11 is 0. The van der Waals surface area contributed by atoms with Crippen LogP contribution in [-0.2, 0) is 11.2 Å². The number of aryl methyl sites for hydroxylation is 1. The Balaban J connectivity index is 1.30. The molecule has 36 heavy (non-hydrogen) atoms. The molecule has 0 saturated carbocycles. The molecule has 7 heteroatoms. The van der Waals surface area contributed by atoms with E-state index in [0.29, 0.717) is 24.2 Å². The molecule has 0 spiro atoms. The van der Waals surface area contributed by atoms with E-state index >= 15 is 0 Å². The molecule has 1 saturated heterocycles. The van der Waals surface area contributed by atoms with E-state index in [4.69, 9.17) is 9.47 Å². The summed E-state index contributed by atoms with van der Waals surface area (Å²) in [4.78, 5) is 0. The fraction of sp³-hybridized carbons (Fsp3) is 0.241. The van der Waals surface area contributed by atoms with E-state index < -0.39 is 41.2 Å². The molecule has 2 aliphatic rings. The quantitative estimate of drug-likeness (QED) is 0.213. The van der Waals surface area contributed by atoms with Crippen molar-refractivity contribution in [1.29, 1.82) is 0 Å². The summed E-state index contributed by atoms with van der Waals surface area (Å²) in [6.07, 6.45) is 0.915. The summed E-state index contributed by atoms with van der Waals surface area (Å²) in [5, 5.41) is 10.4. The minimum atomic E-state index is -1.60. The van der Waals surface area contributed by atoms with Gasteiger partial charge in [0.15, 0.2) is 17.4 Å². The highest BCUT2D eigenvalue weighted by molar-refractivity contribution is 5.78. The van der Waals surface area contributed by atoms with Crippen molar-refractivity contribution in [3.63, 3.8) is 0 Å². The number of allylic oxidation sites excluding steroid dienone is 3. The highest BCUT2D eigenvalue weighted by Gasteiger charge is 2.39. The summed E-state index contributed by atoms with van der Waals surface area (Å²) < 4.78 is 68.9. The molecule has 1 aliphatic heterocycles. The number of ether oxygens (including phenoxy) is 2. The predicted molar refractivity (Wildman–Crippen MR) is 128 cm³/mol. The summed E-state index contributed by atoms with van der Waals surface area (Å²) in [6.45, 7) is 2.43. The Labute approximate surface area is 206 Å². The molecule has 3 atom stereocenters. The van der Waals surface area contributed by atoms with Gasteiger partial charge < -0.3 is 14.6 Å². The number of rotatable bonds is 7. The number of hydrogen-bond donors (Lipinski definition) is 1. The lowest BCUT2D eigenvalue weighted by molar-refractivity contribution is -0.0224.